The van der Waals surface area contributed by atoms with Gasteiger partial charge in [-0.1, -0.05) is 6.42 Å². The van der Waals surface area contributed by atoms with Gasteiger partial charge in [-0.25, -0.2) is 9.37 Å². The Labute approximate surface area is 116 Å². The molecule has 1 aliphatic rings. The second-order valence-electron chi connectivity index (χ2n) is 5.28. The first-order valence-electron chi connectivity index (χ1n) is 6.88. The quantitative estimate of drug-likeness (QED) is 0.810. The minimum atomic E-state index is -0.653. The molecule has 3 rings (SSSR count). The predicted octanol–water partition coefficient (Wildman–Crippen LogP) is 2.70. The minimum absolute atomic E-state index is 0.217. The summed E-state index contributed by atoms with van der Waals surface area (Å²) in [6, 6.07) is 4.48. The lowest BCUT2D eigenvalue weighted by Gasteiger charge is -2.38. The Bertz CT molecular complexity index is 674. The fraction of sp³-hybridized carbons (Fsp3) is 0.467. The van der Waals surface area contributed by atoms with E-state index in [0.29, 0.717) is 23.5 Å². The first-order chi connectivity index (χ1) is 9.58. The number of carbonyl (C=O) groups is 1. The number of nitrogens with zero attached hydrogens (tertiary/aromatic N) is 2. The smallest absolute Gasteiger partial charge is 0.319 e. The average Bonchev–Trinajstić information content (AvgIpc) is 2.67. The Morgan fingerprint density at radius 1 is 1.50 bits per heavy atom. The molecular weight excluding hydrogens is 259 g/mol. The Balaban J connectivity index is 2.13. The number of esters is 1. The molecule has 0 amide bonds. The van der Waals surface area contributed by atoms with Crippen LogP contribution in [0.2, 0.25) is 0 Å². The maximum absolute atomic E-state index is 13.4. The third-order valence-corrected chi connectivity index (χ3v) is 4.14. The van der Waals surface area contributed by atoms with E-state index < -0.39 is 5.41 Å². The summed E-state index contributed by atoms with van der Waals surface area (Å²) in [5.41, 5.74) is 0.760. The van der Waals surface area contributed by atoms with Crippen molar-refractivity contribution < 1.29 is 13.9 Å². The summed E-state index contributed by atoms with van der Waals surface area (Å²) in [5, 5.41) is 0. The van der Waals surface area contributed by atoms with Crippen LogP contribution in [0.1, 0.15) is 32.0 Å². The fourth-order valence-electron chi connectivity index (χ4n) is 2.91. The number of carbonyl (C=O) groups excluding carboxylic acids is 1. The lowest BCUT2D eigenvalue weighted by Crippen LogP contribution is -2.45. The molecular formula is C15H17FN2O2. The number of hydrogen-bond donors (Lipinski definition) is 0. The van der Waals surface area contributed by atoms with Crippen molar-refractivity contribution in [2.24, 2.45) is 7.05 Å². The van der Waals surface area contributed by atoms with E-state index in [1.54, 1.807) is 13.0 Å². The minimum Gasteiger partial charge on any atom is -0.465 e. The van der Waals surface area contributed by atoms with Crippen LogP contribution in [0.5, 0.6) is 0 Å². The summed E-state index contributed by atoms with van der Waals surface area (Å²) in [4.78, 5) is 16.8. The standard InChI is InChI=1S/C15H17FN2O2/c1-3-20-14(19)15(7-4-8-15)13-17-11-6-5-10(16)9-12(11)18(13)2/h5-6,9H,3-4,7-8H2,1-2H3. The first-order valence-corrected chi connectivity index (χ1v) is 6.88. The van der Waals surface area contributed by atoms with Gasteiger partial charge in [-0.3, -0.25) is 4.79 Å². The maximum atomic E-state index is 13.4. The van der Waals surface area contributed by atoms with E-state index in [1.165, 1.54) is 12.1 Å². The lowest BCUT2D eigenvalue weighted by atomic mass is 9.68. The average molecular weight is 276 g/mol. The van der Waals surface area contributed by atoms with Crippen molar-refractivity contribution in [1.29, 1.82) is 0 Å². The Hall–Kier alpha value is -1.91. The molecule has 5 heteroatoms. The van der Waals surface area contributed by atoms with Gasteiger partial charge in [0.2, 0.25) is 0 Å². The van der Waals surface area contributed by atoms with E-state index in [9.17, 15) is 9.18 Å². The molecule has 1 aromatic heterocycles. The molecule has 0 unspecified atom stereocenters. The molecule has 106 valence electrons. The third-order valence-electron chi connectivity index (χ3n) is 4.14. The normalized spacial score (nSPS) is 16.9. The van der Waals surface area contributed by atoms with Crippen LogP contribution in [0.25, 0.3) is 11.0 Å². The van der Waals surface area contributed by atoms with Crippen LogP contribution in [-0.2, 0) is 22.0 Å². The van der Waals surface area contributed by atoms with Gasteiger partial charge in [0.15, 0.2) is 0 Å². The Kier molecular flexibility index (Phi) is 3.00. The number of rotatable bonds is 3. The van der Waals surface area contributed by atoms with Crippen LogP contribution in [-0.4, -0.2) is 22.1 Å². The lowest BCUT2D eigenvalue weighted by molar-refractivity contribution is -0.154. The molecule has 1 heterocycles. The highest BCUT2D eigenvalue weighted by atomic mass is 19.1. The second kappa shape index (κ2) is 4.58. The van der Waals surface area contributed by atoms with E-state index in [1.807, 2.05) is 11.6 Å². The topological polar surface area (TPSA) is 44.1 Å². The van der Waals surface area contributed by atoms with E-state index in [-0.39, 0.29) is 11.8 Å². The zero-order valence-electron chi connectivity index (χ0n) is 11.6. The van der Waals surface area contributed by atoms with Gasteiger partial charge in [0.05, 0.1) is 17.6 Å². The maximum Gasteiger partial charge on any atom is 0.319 e. The highest BCUT2D eigenvalue weighted by Crippen LogP contribution is 2.44. The predicted molar refractivity (Wildman–Crippen MR) is 72.8 cm³/mol. The molecule has 0 radical (unpaired) electrons. The molecule has 0 atom stereocenters. The van der Waals surface area contributed by atoms with E-state index >= 15 is 0 Å². The highest BCUT2D eigenvalue weighted by molar-refractivity contribution is 5.85. The molecule has 0 N–H and O–H groups in total. The summed E-state index contributed by atoms with van der Waals surface area (Å²) in [5.74, 6) is 0.166. The first kappa shape index (κ1) is 13.1. The molecule has 0 spiro atoms. The number of halogens is 1. The van der Waals surface area contributed by atoms with Gasteiger partial charge in [-0.15, -0.1) is 0 Å². The molecule has 1 fully saturated rings. The molecule has 1 aliphatic carbocycles. The zero-order chi connectivity index (χ0) is 14.3. The van der Waals surface area contributed by atoms with Crippen molar-refractivity contribution >= 4 is 17.0 Å². The summed E-state index contributed by atoms with van der Waals surface area (Å²) < 4.78 is 20.4. The molecule has 0 saturated heterocycles. The van der Waals surface area contributed by atoms with Crippen LogP contribution >= 0.6 is 0 Å². The van der Waals surface area contributed by atoms with Crippen molar-refractivity contribution in [2.75, 3.05) is 6.61 Å². The third kappa shape index (κ3) is 1.72. The monoisotopic (exact) mass is 276 g/mol. The zero-order valence-corrected chi connectivity index (χ0v) is 11.6. The number of fused-ring (bicyclic) bond motifs is 1. The molecule has 2 aromatic rings. The van der Waals surface area contributed by atoms with E-state index in [0.717, 1.165) is 19.3 Å². The van der Waals surface area contributed by atoms with Gasteiger partial charge >= 0.3 is 5.97 Å². The Morgan fingerprint density at radius 3 is 2.85 bits per heavy atom. The molecule has 0 bridgehead atoms. The molecule has 1 saturated carbocycles. The van der Waals surface area contributed by atoms with E-state index in [2.05, 4.69) is 4.98 Å². The van der Waals surface area contributed by atoms with Crippen molar-refractivity contribution in [3.8, 4) is 0 Å². The van der Waals surface area contributed by atoms with Crippen LogP contribution in [0, 0.1) is 5.82 Å². The van der Waals surface area contributed by atoms with Crippen molar-refractivity contribution in [1.82, 2.24) is 9.55 Å². The van der Waals surface area contributed by atoms with Crippen LogP contribution in [0.3, 0.4) is 0 Å². The fourth-order valence-corrected chi connectivity index (χ4v) is 2.91. The van der Waals surface area contributed by atoms with Gasteiger partial charge in [0.25, 0.3) is 0 Å². The van der Waals surface area contributed by atoms with Gasteiger partial charge < -0.3 is 9.30 Å². The van der Waals surface area contributed by atoms with Crippen molar-refractivity contribution in [3.05, 3.63) is 29.8 Å². The number of aromatic nitrogens is 2. The summed E-state index contributed by atoms with van der Waals surface area (Å²) >= 11 is 0. The molecule has 1 aromatic carbocycles. The van der Waals surface area contributed by atoms with Gasteiger partial charge in [0.1, 0.15) is 17.1 Å². The van der Waals surface area contributed by atoms with Gasteiger partial charge in [-0.2, -0.15) is 0 Å². The van der Waals surface area contributed by atoms with Crippen LogP contribution in [0.4, 0.5) is 4.39 Å². The number of hydrogen-bond acceptors (Lipinski definition) is 3. The highest BCUT2D eigenvalue weighted by Gasteiger charge is 2.50. The molecule has 20 heavy (non-hydrogen) atoms. The second-order valence-corrected chi connectivity index (χ2v) is 5.28. The largest absolute Gasteiger partial charge is 0.465 e. The van der Waals surface area contributed by atoms with Gasteiger partial charge in [0, 0.05) is 7.05 Å². The van der Waals surface area contributed by atoms with Crippen LogP contribution < -0.4 is 0 Å². The van der Waals surface area contributed by atoms with Crippen LogP contribution in [0.15, 0.2) is 18.2 Å². The summed E-state index contributed by atoms with van der Waals surface area (Å²) in [7, 11) is 1.82. The number of benzene rings is 1. The van der Waals surface area contributed by atoms with Crippen molar-refractivity contribution in [3.63, 3.8) is 0 Å². The van der Waals surface area contributed by atoms with Crippen molar-refractivity contribution in [2.45, 2.75) is 31.6 Å². The summed E-state index contributed by atoms with van der Waals surface area (Å²) in [6.45, 7) is 2.16. The summed E-state index contributed by atoms with van der Waals surface area (Å²) in [6.07, 6.45) is 2.47. The van der Waals surface area contributed by atoms with E-state index in [4.69, 9.17) is 4.74 Å². The Morgan fingerprint density at radius 2 is 2.25 bits per heavy atom. The van der Waals surface area contributed by atoms with Gasteiger partial charge in [-0.05, 0) is 38.0 Å². The molecule has 4 nitrogen and oxygen atoms in total. The molecule has 0 aliphatic heterocycles. The number of ether oxygens (including phenoxy) is 1. The number of imidazole rings is 1. The SMILES string of the molecule is CCOC(=O)C1(c2nc3ccc(F)cc3n2C)CCC1. The number of aryl methyl sites for hydroxylation is 1.